The lowest BCUT2D eigenvalue weighted by Gasteiger charge is -2.26. The van der Waals surface area contributed by atoms with Gasteiger partial charge < -0.3 is 15.4 Å². The number of methoxy groups -OCH3 is 1. The molecule has 3 N–H and O–H groups in total. The molecular formula is C26H23F2N5O5S2. The van der Waals surface area contributed by atoms with Gasteiger partial charge in [-0.3, -0.25) is 13.7 Å². The minimum absolute atomic E-state index is 0.0691. The number of nitrogen functional groups attached to an aromatic ring is 1. The molecule has 208 valence electrons. The van der Waals surface area contributed by atoms with E-state index >= 15 is 0 Å². The van der Waals surface area contributed by atoms with Gasteiger partial charge in [0.15, 0.2) is 0 Å². The second-order valence-electron chi connectivity index (χ2n) is 8.93. The third-order valence-electron chi connectivity index (χ3n) is 6.35. The van der Waals surface area contributed by atoms with E-state index in [4.69, 9.17) is 10.5 Å². The van der Waals surface area contributed by atoms with Crippen LogP contribution in [0.1, 0.15) is 10.4 Å². The fourth-order valence-electron chi connectivity index (χ4n) is 4.29. The van der Waals surface area contributed by atoms with Gasteiger partial charge in [0.25, 0.3) is 15.9 Å². The number of carbonyl (C=O) groups is 1. The van der Waals surface area contributed by atoms with Crippen molar-refractivity contribution in [1.82, 2.24) is 14.9 Å². The fraction of sp³-hybridized carbons (Fsp3) is 0.192. The minimum atomic E-state index is -4.46. The number of hydrogen-bond acceptors (Lipinski definition) is 8. The summed E-state index contributed by atoms with van der Waals surface area (Å²) >= 11 is 0. The number of nitrogens with two attached hydrogens (primary N) is 1. The summed E-state index contributed by atoms with van der Waals surface area (Å²) in [5.41, 5.74) is 7.86. The summed E-state index contributed by atoms with van der Waals surface area (Å²) in [5, 5.41) is 0.599. The summed E-state index contributed by atoms with van der Waals surface area (Å²) in [4.78, 5) is 22.5. The normalized spacial score (nSPS) is 14.3. The van der Waals surface area contributed by atoms with Crippen molar-refractivity contribution in [3.05, 3.63) is 71.9 Å². The summed E-state index contributed by atoms with van der Waals surface area (Å²) < 4.78 is 72.4. The molecular weight excluding hydrogens is 564 g/mol. The highest BCUT2D eigenvalue weighted by molar-refractivity contribution is 7.92. The van der Waals surface area contributed by atoms with Gasteiger partial charge >= 0.3 is 0 Å². The molecule has 0 unspecified atom stereocenters. The predicted molar refractivity (Wildman–Crippen MR) is 147 cm³/mol. The number of pyridine rings is 2. The monoisotopic (exact) mass is 587 g/mol. The third-order valence-corrected chi connectivity index (χ3v) is 9.02. The number of nitrogens with zero attached hydrogens (tertiary/aromatic N) is 3. The molecule has 0 bridgehead atoms. The first kappa shape index (κ1) is 27.4. The maximum Gasteiger partial charge on any atom is 0.264 e. The SMILES string of the molecule is COc1ncc(-c2ccc3nc(N)c(C(=O)N4CCS(=O)CC4)cc3c2)cc1NS(=O)(=O)c1ccc(F)cc1F. The Labute approximate surface area is 230 Å². The molecule has 10 nitrogen and oxygen atoms in total. The number of hydrogen-bond donors (Lipinski definition) is 2. The largest absolute Gasteiger partial charge is 0.480 e. The Balaban J connectivity index is 1.50. The van der Waals surface area contributed by atoms with E-state index in [1.165, 1.54) is 19.4 Å². The van der Waals surface area contributed by atoms with Crippen LogP contribution < -0.4 is 15.2 Å². The van der Waals surface area contributed by atoms with Gasteiger partial charge in [-0.1, -0.05) is 6.07 Å². The first-order valence-corrected chi connectivity index (χ1v) is 14.9. The molecule has 1 aliphatic rings. The number of anilines is 2. The molecule has 0 atom stereocenters. The number of sulfonamides is 1. The number of benzene rings is 2. The Kier molecular flexibility index (Phi) is 7.38. The minimum Gasteiger partial charge on any atom is -0.480 e. The smallest absolute Gasteiger partial charge is 0.264 e. The maximum atomic E-state index is 14.2. The van der Waals surface area contributed by atoms with Crippen LogP contribution in [0.5, 0.6) is 5.88 Å². The second-order valence-corrected chi connectivity index (χ2v) is 12.3. The molecule has 0 radical (unpaired) electrons. The molecule has 0 saturated carbocycles. The van der Waals surface area contributed by atoms with E-state index in [-0.39, 0.29) is 28.9 Å². The highest BCUT2D eigenvalue weighted by Gasteiger charge is 2.25. The lowest BCUT2D eigenvalue weighted by molar-refractivity contribution is 0.0772. The van der Waals surface area contributed by atoms with Crippen LogP contribution >= 0.6 is 0 Å². The summed E-state index contributed by atoms with van der Waals surface area (Å²) in [6.07, 6.45) is 1.46. The van der Waals surface area contributed by atoms with Gasteiger partial charge in [0, 0.05) is 58.6 Å². The van der Waals surface area contributed by atoms with Crippen molar-refractivity contribution in [1.29, 1.82) is 0 Å². The zero-order valence-electron chi connectivity index (χ0n) is 21.1. The first-order valence-electron chi connectivity index (χ1n) is 11.9. The highest BCUT2D eigenvalue weighted by Crippen LogP contribution is 2.32. The van der Waals surface area contributed by atoms with Crippen LogP contribution in [0.25, 0.3) is 22.0 Å². The Bertz CT molecular complexity index is 1780. The van der Waals surface area contributed by atoms with Gasteiger partial charge in [0.2, 0.25) is 5.88 Å². The molecule has 3 heterocycles. The van der Waals surface area contributed by atoms with Gasteiger partial charge in [-0.15, -0.1) is 0 Å². The summed E-state index contributed by atoms with van der Waals surface area (Å²) in [6, 6.07) is 10.4. The van der Waals surface area contributed by atoms with E-state index in [0.29, 0.717) is 52.7 Å². The number of aromatic nitrogens is 2. The van der Waals surface area contributed by atoms with Gasteiger partial charge in [-0.05, 0) is 42.0 Å². The van der Waals surface area contributed by atoms with Crippen LogP contribution in [0.3, 0.4) is 0 Å². The number of carbonyl (C=O) groups excluding carboxylic acids is 1. The van der Waals surface area contributed by atoms with Crippen molar-refractivity contribution < 1.29 is 30.9 Å². The molecule has 40 heavy (non-hydrogen) atoms. The molecule has 2 aromatic heterocycles. The van der Waals surface area contributed by atoms with E-state index < -0.39 is 37.4 Å². The predicted octanol–water partition coefficient (Wildman–Crippen LogP) is 3.17. The van der Waals surface area contributed by atoms with Crippen molar-refractivity contribution in [2.45, 2.75) is 4.90 Å². The lowest BCUT2D eigenvalue weighted by atomic mass is 10.0. The van der Waals surface area contributed by atoms with Crippen LogP contribution in [-0.4, -0.2) is 65.1 Å². The maximum absolute atomic E-state index is 14.2. The van der Waals surface area contributed by atoms with Crippen LogP contribution in [0, 0.1) is 11.6 Å². The molecule has 2 aromatic carbocycles. The molecule has 0 spiro atoms. The van der Waals surface area contributed by atoms with Crippen molar-refractivity contribution in [2.75, 3.05) is 42.2 Å². The number of nitrogens with one attached hydrogen (secondary N) is 1. The Hall–Kier alpha value is -4.17. The molecule has 1 aliphatic heterocycles. The molecule has 5 rings (SSSR count). The number of rotatable bonds is 6. The van der Waals surface area contributed by atoms with E-state index in [0.717, 1.165) is 12.1 Å². The number of amides is 1. The second kappa shape index (κ2) is 10.8. The molecule has 1 amide bonds. The van der Waals surface area contributed by atoms with Gasteiger partial charge in [0.1, 0.15) is 28.0 Å². The van der Waals surface area contributed by atoms with E-state index in [1.807, 2.05) is 0 Å². The molecule has 4 aromatic rings. The molecule has 14 heteroatoms. The van der Waals surface area contributed by atoms with E-state index in [1.54, 1.807) is 29.2 Å². The molecule has 1 saturated heterocycles. The summed E-state index contributed by atoms with van der Waals surface area (Å²) in [6.45, 7) is 0.724. The molecule has 0 aliphatic carbocycles. The van der Waals surface area contributed by atoms with Gasteiger partial charge in [-0.25, -0.2) is 27.2 Å². The number of fused-ring (bicyclic) bond motifs is 1. The van der Waals surface area contributed by atoms with Crippen LogP contribution in [-0.2, 0) is 20.8 Å². The van der Waals surface area contributed by atoms with Gasteiger partial charge in [-0.2, -0.15) is 0 Å². The van der Waals surface area contributed by atoms with Crippen molar-refractivity contribution in [2.24, 2.45) is 0 Å². The van der Waals surface area contributed by atoms with Crippen molar-refractivity contribution >= 4 is 49.1 Å². The fourth-order valence-corrected chi connectivity index (χ4v) is 6.45. The topological polar surface area (TPSA) is 145 Å². The van der Waals surface area contributed by atoms with Crippen LogP contribution in [0.2, 0.25) is 0 Å². The highest BCUT2D eigenvalue weighted by atomic mass is 32.2. The average Bonchev–Trinajstić information content (AvgIpc) is 2.92. The Morgan fingerprint density at radius 1 is 1.07 bits per heavy atom. The average molecular weight is 588 g/mol. The Morgan fingerprint density at radius 2 is 1.82 bits per heavy atom. The van der Waals surface area contributed by atoms with Crippen LogP contribution in [0.15, 0.2) is 59.6 Å². The standard InChI is InChI=1S/C26H23F2N5O5S2/c1-38-25-22(32-40(36,37)23-5-3-18(27)13-20(23)28)12-17(14-30-25)15-2-4-21-16(10-15)11-19(24(29)31-21)26(34)33-6-8-39(35)9-7-33/h2-5,10-14,32H,6-9H2,1H3,(H2,29,31). The quantitative estimate of drug-likeness (QED) is 0.350. The lowest BCUT2D eigenvalue weighted by Crippen LogP contribution is -2.42. The number of ether oxygens (including phenoxy) is 1. The van der Waals surface area contributed by atoms with Crippen molar-refractivity contribution in [3.8, 4) is 17.0 Å². The first-order chi connectivity index (χ1) is 19.1. The van der Waals surface area contributed by atoms with Gasteiger partial charge in [0.05, 0.1) is 18.2 Å². The summed E-state index contributed by atoms with van der Waals surface area (Å²) in [7, 11) is -4.11. The summed E-state index contributed by atoms with van der Waals surface area (Å²) in [5.74, 6) is -1.65. The molecule has 1 fully saturated rings. The zero-order valence-corrected chi connectivity index (χ0v) is 22.7. The van der Waals surface area contributed by atoms with Crippen molar-refractivity contribution in [3.63, 3.8) is 0 Å². The third kappa shape index (κ3) is 5.45. The zero-order chi connectivity index (χ0) is 28.6. The van der Waals surface area contributed by atoms with E-state index in [2.05, 4.69) is 14.7 Å². The Morgan fingerprint density at radius 3 is 2.52 bits per heavy atom. The van der Waals surface area contributed by atoms with Crippen LogP contribution in [0.4, 0.5) is 20.3 Å². The van der Waals surface area contributed by atoms with E-state index in [9.17, 15) is 26.2 Å². The number of halogens is 2.